The average Bonchev–Trinajstić information content (AvgIpc) is 2.50. The molecule has 1 aliphatic rings. The minimum absolute atomic E-state index is 0.111. The summed E-state index contributed by atoms with van der Waals surface area (Å²) in [4.78, 5) is 2.41. The van der Waals surface area contributed by atoms with Crippen LogP contribution in [-0.2, 0) is 0 Å². The van der Waals surface area contributed by atoms with Crippen molar-refractivity contribution in [3.8, 4) is 0 Å². The van der Waals surface area contributed by atoms with Gasteiger partial charge in [-0.05, 0) is 36.8 Å². The Hall–Kier alpha value is -0.900. The molecule has 0 bridgehead atoms. The fourth-order valence-electron chi connectivity index (χ4n) is 3.51. The van der Waals surface area contributed by atoms with Gasteiger partial charge in [0.05, 0.1) is 12.6 Å². The van der Waals surface area contributed by atoms with E-state index in [9.17, 15) is 10.2 Å². The smallest absolute Gasteiger partial charge is 0.0628 e. The van der Waals surface area contributed by atoms with Gasteiger partial charge in [-0.25, -0.2) is 0 Å². The molecule has 0 aliphatic carbocycles. The number of rotatable bonds is 6. The molecule has 20 heavy (non-hydrogen) atoms. The molecule has 1 fully saturated rings. The standard InChI is InChI=1S/C17H27NO2/c1-2-14-12-18(10-8-15(14)9-11-19)17(13-20)16-6-4-3-5-7-16/h3-7,14-15,17,19-20H,2,8-13H2,1H3/t14-,15+,17+/m1/s1. The monoisotopic (exact) mass is 277 g/mol. The number of aliphatic hydroxyl groups excluding tert-OH is 2. The number of benzene rings is 1. The Bertz CT molecular complexity index is 382. The van der Waals surface area contributed by atoms with E-state index in [1.807, 2.05) is 18.2 Å². The van der Waals surface area contributed by atoms with E-state index in [2.05, 4.69) is 24.0 Å². The number of aliphatic hydroxyl groups is 2. The van der Waals surface area contributed by atoms with E-state index >= 15 is 0 Å². The Labute approximate surface area is 122 Å². The van der Waals surface area contributed by atoms with Gasteiger partial charge in [0.25, 0.3) is 0 Å². The van der Waals surface area contributed by atoms with Gasteiger partial charge >= 0.3 is 0 Å². The summed E-state index contributed by atoms with van der Waals surface area (Å²) in [6.45, 7) is 4.74. The maximum atomic E-state index is 9.78. The van der Waals surface area contributed by atoms with Crippen molar-refractivity contribution in [1.82, 2.24) is 4.90 Å². The van der Waals surface area contributed by atoms with Gasteiger partial charge in [0.15, 0.2) is 0 Å². The first-order valence-electron chi connectivity index (χ1n) is 7.80. The zero-order chi connectivity index (χ0) is 14.4. The molecule has 0 aromatic heterocycles. The van der Waals surface area contributed by atoms with Gasteiger partial charge in [0, 0.05) is 13.2 Å². The Kier molecular flexibility index (Phi) is 6.02. The fraction of sp³-hybridized carbons (Fsp3) is 0.647. The summed E-state index contributed by atoms with van der Waals surface area (Å²) in [5.74, 6) is 1.27. The highest BCUT2D eigenvalue weighted by molar-refractivity contribution is 5.19. The summed E-state index contributed by atoms with van der Waals surface area (Å²) < 4.78 is 0. The van der Waals surface area contributed by atoms with Crippen LogP contribution in [0.1, 0.15) is 37.8 Å². The lowest BCUT2D eigenvalue weighted by Crippen LogP contribution is -2.43. The van der Waals surface area contributed by atoms with E-state index < -0.39 is 0 Å². The number of hydrogen-bond acceptors (Lipinski definition) is 3. The lowest BCUT2D eigenvalue weighted by atomic mass is 9.81. The van der Waals surface area contributed by atoms with Crippen molar-refractivity contribution in [2.75, 3.05) is 26.3 Å². The molecule has 3 atom stereocenters. The van der Waals surface area contributed by atoms with Crippen molar-refractivity contribution in [3.63, 3.8) is 0 Å². The molecule has 1 heterocycles. The Balaban J connectivity index is 2.05. The van der Waals surface area contributed by atoms with Crippen molar-refractivity contribution in [1.29, 1.82) is 0 Å². The zero-order valence-corrected chi connectivity index (χ0v) is 12.4. The van der Waals surface area contributed by atoms with Gasteiger partial charge in [-0.2, -0.15) is 0 Å². The minimum atomic E-state index is 0.111. The van der Waals surface area contributed by atoms with Crippen LogP contribution in [0.3, 0.4) is 0 Å². The highest BCUT2D eigenvalue weighted by Gasteiger charge is 2.31. The summed E-state index contributed by atoms with van der Waals surface area (Å²) in [7, 11) is 0. The largest absolute Gasteiger partial charge is 0.396 e. The minimum Gasteiger partial charge on any atom is -0.396 e. The van der Waals surface area contributed by atoms with Gasteiger partial charge in [-0.15, -0.1) is 0 Å². The van der Waals surface area contributed by atoms with Gasteiger partial charge < -0.3 is 10.2 Å². The lowest BCUT2D eigenvalue weighted by Gasteiger charge is -2.42. The van der Waals surface area contributed by atoms with Gasteiger partial charge in [-0.1, -0.05) is 43.7 Å². The second-order valence-corrected chi connectivity index (χ2v) is 5.83. The maximum Gasteiger partial charge on any atom is 0.0628 e. The van der Waals surface area contributed by atoms with Gasteiger partial charge in [0.2, 0.25) is 0 Å². The first-order valence-corrected chi connectivity index (χ1v) is 7.80. The highest BCUT2D eigenvalue weighted by atomic mass is 16.3. The third-order valence-electron chi connectivity index (χ3n) is 4.75. The molecule has 2 N–H and O–H groups in total. The van der Waals surface area contributed by atoms with Crippen LogP contribution in [0.25, 0.3) is 0 Å². The number of piperidine rings is 1. The van der Waals surface area contributed by atoms with E-state index in [4.69, 9.17) is 0 Å². The first kappa shape index (κ1) is 15.5. The quantitative estimate of drug-likeness (QED) is 0.839. The van der Waals surface area contributed by atoms with Crippen LogP contribution in [0.5, 0.6) is 0 Å². The topological polar surface area (TPSA) is 43.7 Å². The Morgan fingerprint density at radius 1 is 1.20 bits per heavy atom. The third-order valence-corrected chi connectivity index (χ3v) is 4.75. The van der Waals surface area contributed by atoms with E-state index in [-0.39, 0.29) is 12.6 Å². The Morgan fingerprint density at radius 2 is 1.95 bits per heavy atom. The van der Waals surface area contributed by atoms with Crippen LogP contribution in [0.15, 0.2) is 30.3 Å². The molecular formula is C17H27NO2. The van der Waals surface area contributed by atoms with Crippen LogP contribution in [-0.4, -0.2) is 41.4 Å². The molecule has 1 aliphatic heterocycles. The highest BCUT2D eigenvalue weighted by Crippen LogP contribution is 2.33. The predicted octanol–water partition coefficient (Wildman–Crippen LogP) is 2.45. The molecule has 1 aromatic carbocycles. The molecular weight excluding hydrogens is 250 g/mol. The summed E-state index contributed by atoms with van der Waals surface area (Å²) in [5, 5.41) is 19.0. The van der Waals surface area contributed by atoms with Gasteiger partial charge in [-0.3, -0.25) is 4.90 Å². The zero-order valence-electron chi connectivity index (χ0n) is 12.4. The van der Waals surface area contributed by atoms with Crippen molar-refractivity contribution < 1.29 is 10.2 Å². The average molecular weight is 277 g/mol. The lowest BCUT2D eigenvalue weighted by molar-refractivity contribution is 0.0418. The molecule has 0 unspecified atom stereocenters. The van der Waals surface area contributed by atoms with Crippen LogP contribution in [0, 0.1) is 11.8 Å². The normalized spacial score (nSPS) is 25.6. The second kappa shape index (κ2) is 7.77. The SMILES string of the molecule is CC[C@@H]1CN([C@@H](CO)c2ccccc2)CC[C@H]1CCO. The van der Waals surface area contributed by atoms with Crippen LogP contribution < -0.4 is 0 Å². The van der Waals surface area contributed by atoms with Crippen LogP contribution >= 0.6 is 0 Å². The van der Waals surface area contributed by atoms with Crippen molar-refractivity contribution >= 4 is 0 Å². The molecule has 0 radical (unpaired) electrons. The number of hydrogen-bond donors (Lipinski definition) is 2. The number of nitrogens with zero attached hydrogens (tertiary/aromatic N) is 1. The van der Waals surface area contributed by atoms with Gasteiger partial charge in [0.1, 0.15) is 0 Å². The maximum absolute atomic E-state index is 9.78. The van der Waals surface area contributed by atoms with Crippen LogP contribution in [0.2, 0.25) is 0 Å². The van der Waals surface area contributed by atoms with E-state index in [0.29, 0.717) is 18.4 Å². The molecule has 0 saturated carbocycles. The van der Waals surface area contributed by atoms with Crippen LogP contribution in [0.4, 0.5) is 0 Å². The second-order valence-electron chi connectivity index (χ2n) is 5.83. The number of likely N-dealkylation sites (tertiary alicyclic amines) is 1. The molecule has 3 heteroatoms. The van der Waals surface area contributed by atoms with Crippen molar-refractivity contribution in [3.05, 3.63) is 35.9 Å². The molecule has 2 rings (SSSR count). The Morgan fingerprint density at radius 3 is 2.55 bits per heavy atom. The first-order chi connectivity index (χ1) is 9.80. The van der Waals surface area contributed by atoms with E-state index in [0.717, 1.165) is 32.4 Å². The predicted molar refractivity (Wildman–Crippen MR) is 81.4 cm³/mol. The summed E-state index contributed by atoms with van der Waals surface area (Å²) in [6, 6.07) is 10.4. The molecule has 1 saturated heterocycles. The molecule has 0 spiro atoms. The molecule has 0 amide bonds. The molecule has 112 valence electrons. The fourth-order valence-corrected chi connectivity index (χ4v) is 3.51. The summed E-state index contributed by atoms with van der Waals surface area (Å²) in [5.41, 5.74) is 1.20. The molecule has 1 aromatic rings. The van der Waals surface area contributed by atoms with E-state index in [1.165, 1.54) is 5.56 Å². The molecule has 3 nitrogen and oxygen atoms in total. The van der Waals surface area contributed by atoms with Crippen molar-refractivity contribution in [2.24, 2.45) is 11.8 Å². The van der Waals surface area contributed by atoms with Crippen molar-refractivity contribution in [2.45, 2.75) is 32.2 Å². The summed E-state index contributed by atoms with van der Waals surface area (Å²) in [6.07, 6.45) is 3.19. The summed E-state index contributed by atoms with van der Waals surface area (Å²) >= 11 is 0. The van der Waals surface area contributed by atoms with E-state index in [1.54, 1.807) is 0 Å². The third kappa shape index (κ3) is 3.60.